The summed E-state index contributed by atoms with van der Waals surface area (Å²) in [6.45, 7) is 0. The van der Waals surface area contributed by atoms with Gasteiger partial charge in [-0.15, -0.1) is 0 Å². The van der Waals surface area contributed by atoms with Gasteiger partial charge in [0, 0.05) is 11.6 Å². The summed E-state index contributed by atoms with van der Waals surface area (Å²) in [7, 11) is 1.57. The molecule has 0 aliphatic rings. The van der Waals surface area contributed by atoms with Gasteiger partial charge in [-0.1, -0.05) is 0 Å². The molecule has 0 aliphatic carbocycles. The maximum absolute atomic E-state index is 10.4. The van der Waals surface area contributed by atoms with E-state index in [0.717, 1.165) is 9.32 Å². The highest BCUT2D eigenvalue weighted by Crippen LogP contribution is 2.25. The van der Waals surface area contributed by atoms with Crippen molar-refractivity contribution in [1.82, 2.24) is 0 Å². The summed E-state index contributed by atoms with van der Waals surface area (Å²) in [6, 6.07) is 4.98. The molecule has 13 heavy (non-hydrogen) atoms. The van der Waals surface area contributed by atoms with E-state index in [0.29, 0.717) is 5.75 Å². The zero-order chi connectivity index (χ0) is 9.84. The van der Waals surface area contributed by atoms with Gasteiger partial charge < -0.3 is 9.47 Å². The predicted molar refractivity (Wildman–Crippen MR) is 57.6 cm³/mol. The zero-order valence-corrected chi connectivity index (χ0v) is 9.63. The SMILES string of the molecule is COc1ccc(OC(=O)Cl)cc1I. The number of ether oxygens (including phenoxy) is 2. The van der Waals surface area contributed by atoms with E-state index >= 15 is 0 Å². The lowest BCUT2D eigenvalue weighted by atomic mass is 10.3. The lowest BCUT2D eigenvalue weighted by Crippen LogP contribution is -1.96. The molecule has 1 rings (SSSR count). The third kappa shape index (κ3) is 3.04. The second-order valence-corrected chi connectivity index (χ2v) is 3.61. The summed E-state index contributed by atoms with van der Waals surface area (Å²) in [6.07, 6.45) is 0. The molecule has 0 aromatic heterocycles. The van der Waals surface area contributed by atoms with Crippen molar-refractivity contribution in [3.8, 4) is 11.5 Å². The lowest BCUT2D eigenvalue weighted by molar-refractivity contribution is 0.225. The predicted octanol–water partition coefficient (Wildman–Crippen LogP) is 3.04. The fourth-order valence-electron chi connectivity index (χ4n) is 0.803. The van der Waals surface area contributed by atoms with Crippen molar-refractivity contribution < 1.29 is 14.3 Å². The molecule has 0 bridgehead atoms. The van der Waals surface area contributed by atoms with Crippen molar-refractivity contribution in [3.63, 3.8) is 0 Å². The topological polar surface area (TPSA) is 35.5 Å². The molecule has 0 N–H and O–H groups in total. The van der Waals surface area contributed by atoms with E-state index in [1.54, 1.807) is 25.3 Å². The van der Waals surface area contributed by atoms with Crippen LogP contribution in [0.1, 0.15) is 0 Å². The maximum atomic E-state index is 10.4. The molecule has 1 aromatic carbocycles. The highest BCUT2D eigenvalue weighted by Gasteiger charge is 2.04. The van der Waals surface area contributed by atoms with Crippen molar-refractivity contribution in [2.24, 2.45) is 0 Å². The Morgan fingerprint density at radius 3 is 2.69 bits per heavy atom. The molecular weight excluding hydrogens is 306 g/mol. The number of halogens is 2. The smallest absolute Gasteiger partial charge is 0.409 e. The van der Waals surface area contributed by atoms with Gasteiger partial charge in [-0.25, -0.2) is 4.79 Å². The molecule has 5 heteroatoms. The molecule has 0 aliphatic heterocycles. The van der Waals surface area contributed by atoms with Crippen LogP contribution < -0.4 is 9.47 Å². The minimum atomic E-state index is -0.846. The highest BCUT2D eigenvalue weighted by molar-refractivity contribution is 14.1. The standard InChI is InChI=1S/C8H6ClIO3/c1-12-7-3-2-5(4-6(7)10)13-8(9)11/h2-4H,1H3. The highest BCUT2D eigenvalue weighted by atomic mass is 127. The first-order valence-corrected chi connectivity index (χ1v) is 4.80. The van der Waals surface area contributed by atoms with Crippen LogP contribution in [0.3, 0.4) is 0 Å². The first kappa shape index (κ1) is 10.6. The third-order valence-corrected chi connectivity index (χ3v) is 2.24. The first-order valence-electron chi connectivity index (χ1n) is 3.34. The summed E-state index contributed by atoms with van der Waals surface area (Å²) in [5, 5.41) is 0. The number of benzene rings is 1. The first-order chi connectivity index (χ1) is 6.13. The molecule has 3 nitrogen and oxygen atoms in total. The van der Waals surface area contributed by atoms with Crippen LogP contribution in [0.2, 0.25) is 0 Å². The van der Waals surface area contributed by atoms with Gasteiger partial charge in [0.2, 0.25) is 0 Å². The Labute approximate surface area is 94.1 Å². The number of rotatable bonds is 2. The van der Waals surface area contributed by atoms with E-state index in [1.807, 2.05) is 0 Å². The lowest BCUT2D eigenvalue weighted by Gasteiger charge is -2.04. The molecule has 0 atom stereocenters. The molecule has 0 amide bonds. The van der Waals surface area contributed by atoms with Crippen LogP contribution in [0, 0.1) is 3.57 Å². The average molecular weight is 312 g/mol. The molecule has 1 aromatic rings. The minimum Gasteiger partial charge on any atom is -0.496 e. The van der Waals surface area contributed by atoms with Crippen molar-refractivity contribution >= 4 is 39.6 Å². The van der Waals surface area contributed by atoms with Crippen LogP contribution >= 0.6 is 34.2 Å². The average Bonchev–Trinajstić information content (AvgIpc) is 2.03. The molecule has 0 radical (unpaired) electrons. The van der Waals surface area contributed by atoms with Crippen LogP contribution in [0.25, 0.3) is 0 Å². The number of hydrogen-bond donors (Lipinski definition) is 0. The summed E-state index contributed by atoms with van der Waals surface area (Å²) in [5.74, 6) is 1.14. The van der Waals surface area contributed by atoms with Gasteiger partial charge in [0.25, 0.3) is 0 Å². The van der Waals surface area contributed by atoms with E-state index in [4.69, 9.17) is 16.3 Å². The van der Waals surface area contributed by atoms with Gasteiger partial charge in [-0.05, 0) is 40.8 Å². The number of methoxy groups -OCH3 is 1. The quantitative estimate of drug-likeness (QED) is 0.622. The maximum Gasteiger partial charge on any atom is 0.409 e. The van der Waals surface area contributed by atoms with Gasteiger partial charge in [0.15, 0.2) is 0 Å². The van der Waals surface area contributed by atoms with E-state index in [-0.39, 0.29) is 0 Å². The van der Waals surface area contributed by atoms with Crippen LogP contribution in [0.15, 0.2) is 18.2 Å². The summed E-state index contributed by atoms with van der Waals surface area (Å²) in [4.78, 5) is 10.4. The van der Waals surface area contributed by atoms with Crippen molar-refractivity contribution in [1.29, 1.82) is 0 Å². The zero-order valence-electron chi connectivity index (χ0n) is 6.71. The molecular formula is C8H6ClIO3. The Bertz CT molecular complexity index is 327. The van der Waals surface area contributed by atoms with Gasteiger partial charge in [0.05, 0.1) is 10.7 Å². The van der Waals surface area contributed by atoms with Crippen LogP contribution in [-0.2, 0) is 0 Å². The summed E-state index contributed by atoms with van der Waals surface area (Å²) < 4.78 is 10.5. The monoisotopic (exact) mass is 312 g/mol. The Kier molecular flexibility index (Phi) is 3.80. The Hall–Kier alpha value is -0.490. The van der Waals surface area contributed by atoms with Crippen molar-refractivity contribution in [2.75, 3.05) is 7.11 Å². The normalized spacial score (nSPS) is 9.46. The molecule has 0 spiro atoms. The van der Waals surface area contributed by atoms with Crippen molar-refractivity contribution in [3.05, 3.63) is 21.8 Å². The van der Waals surface area contributed by atoms with E-state index in [9.17, 15) is 4.79 Å². The van der Waals surface area contributed by atoms with Crippen LogP contribution in [-0.4, -0.2) is 12.5 Å². The molecule has 0 saturated heterocycles. The Morgan fingerprint density at radius 1 is 1.54 bits per heavy atom. The fraction of sp³-hybridized carbons (Fsp3) is 0.125. The minimum absolute atomic E-state index is 0.408. The summed E-state index contributed by atoms with van der Waals surface area (Å²) >= 11 is 7.12. The third-order valence-electron chi connectivity index (χ3n) is 1.32. The Balaban J connectivity index is 2.89. The number of hydrogen-bond acceptors (Lipinski definition) is 3. The molecule has 0 saturated carbocycles. The van der Waals surface area contributed by atoms with Gasteiger partial charge in [-0.2, -0.15) is 0 Å². The second kappa shape index (κ2) is 4.66. The molecule has 0 heterocycles. The largest absolute Gasteiger partial charge is 0.496 e. The van der Waals surface area contributed by atoms with Crippen LogP contribution in [0.4, 0.5) is 4.79 Å². The van der Waals surface area contributed by atoms with Crippen molar-refractivity contribution in [2.45, 2.75) is 0 Å². The van der Waals surface area contributed by atoms with Gasteiger partial charge >= 0.3 is 5.43 Å². The van der Waals surface area contributed by atoms with E-state index in [1.165, 1.54) is 0 Å². The van der Waals surface area contributed by atoms with Gasteiger partial charge in [0.1, 0.15) is 11.5 Å². The number of carbonyl (C=O) groups is 1. The van der Waals surface area contributed by atoms with E-state index in [2.05, 4.69) is 27.3 Å². The molecule has 0 unspecified atom stereocenters. The fourth-order valence-corrected chi connectivity index (χ4v) is 1.60. The summed E-state index contributed by atoms with van der Waals surface area (Å²) in [5.41, 5.74) is -0.846. The molecule has 70 valence electrons. The van der Waals surface area contributed by atoms with E-state index < -0.39 is 5.43 Å². The Morgan fingerprint density at radius 2 is 2.23 bits per heavy atom. The number of carbonyl (C=O) groups excluding carboxylic acids is 1. The molecule has 0 fully saturated rings. The van der Waals surface area contributed by atoms with Gasteiger partial charge in [-0.3, -0.25) is 0 Å². The second-order valence-electron chi connectivity index (χ2n) is 2.14. The van der Waals surface area contributed by atoms with Crippen LogP contribution in [0.5, 0.6) is 11.5 Å².